The first-order chi connectivity index (χ1) is 22.9. The van der Waals surface area contributed by atoms with Gasteiger partial charge in [-0.3, -0.25) is 19.5 Å². The van der Waals surface area contributed by atoms with Gasteiger partial charge in [-0.1, -0.05) is 23.7 Å². The van der Waals surface area contributed by atoms with Gasteiger partial charge >= 0.3 is 0 Å². The van der Waals surface area contributed by atoms with E-state index in [4.69, 9.17) is 30.9 Å². The molecule has 5 aromatic rings. The fourth-order valence-electron chi connectivity index (χ4n) is 5.43. The number of thioether (sulfide) groups is 1. The van der Waals surface area contributed by atoms with Crippen molar-refractivity contribution in [2.75, 3.05) is 38.5 Å². The summed E-state index contributed by atoms with van der Waals surface area (Å²) in [7, 11) is 4.81. The predicted molar refractivity (Wildman–Crippen MR) is 183 cm³/mol. The van der Waals surface area contributed by atoms with Crippen LogP contribution in [-0.4, -0.2) is 60.2 Å². The van der Waals surface area contributed by atoms with E-state index in [1.807, 2.05) is 66.7 Å². The third-order valence-electron chi connectivity index (χ3n) is 7.78. The van der Waals surface area contributed by atoms with Gasteiger partial charge in [-0.05, 0) is 72.3 Å². The summed E-state index contributed by atoms with van der Waals surface area (Å²) in [5, 5.41) is 8.23. The lowest BCUT2D eigenvalue weighted by molar-refractivity contribution is -0.123. The number of ether oxygens (including phenoxy) is 3. The number of fused-ring (bicyclic) bond motifs is 1. The third kappa shape index (κ3) is 6.77. The molecule has 2 aromatic heterocycles. The standard InChI is InChI=1S/C35H32ClN5O5S/c1-44-26-10-8-25(9-11-26)41-35-32(33(39-41)23-4-6-24(36)7-5-23)34(28-18-27(45-2)12-13-29(28)46-3)47-21-31(43)40(35)20-30(42)38-19-22-14-16-37-17-15-22/h4-18,34H,19-21H2,1-3H3,(H,38,42). The van der Waals surface area contributed by atoms with Gasteiger partial charge in [-0.2, -0.15) is 5.10 Å². The number of methoxy groups -OCH3 is 3. The average Bonchev–Trinajstić information content (AvgIpc) is 3.43. The number of hydrogen-bond acceptors (Lipinski definition) is 8. The molecule has 1 unspecified atom stereocenters. The van der Waals surface area contributed by atoms with E-state index in [9.17, 15) is 9.59 Å². The van der Waals surface area contributed by atoms with Crippen LogP contribution in [0.2, 0.25) is 5.02 Å². The number of carbonyl (C=O) groups is 2. The minimum absolute atomic E-state index is 0.0972. The highest BCUT2D eigenvalue weighted by Gasteiger charge is 2.39. The molecule has 3 heterocycles. The normalized spacial score (nSPS) is 14.3. The fourth-order valence-corrected chi connectivity index (χ4v) is 6.77. The van der Waals surface area contributed by atoms with Crippen LogP contribution in [0.1, 0.15) is 21.9 Å². The molecular formula is C35H32ClN5O5S. The molecule has 12 heteroatoms. The summed E-state index contributed by atoms with van der Waals surface area (Å²) in [5.74, 6) is 1.95. The van der Waals surface area contributed by atoms with Crippen LogP contribution in [0.15, 0.2) is 91.3 Å². The van der Waals surface area contributed by atoms with E-state index < -0.39 is 5.25 Å². The van der Waals surface area contributed by atoms with Crippen LogP contribution in [0.3, 0.4) is 0 Å². The molecule has 0 saturated heterocycles. The van der Waals surface area contributed by atoms with Crippen molar-refractivity contribution >= 4 is 41.0 Å². The monoisotopic (exact) mass is 669 g/mol. The lowest BCUT2D eigenvalue weighted by atomic mass is 9.98. The van der Waals surface area contributed by atoms with Gasteiger partial charge in [0.05, 0.1) is 43.7 Å². The molecule has 1 aliphatic rings. The molecule has 3 aromatic carbocycles. The van der Waals surface area contributed by atoms with Crippen molar-refractivity contribution in [2.24, 2.45) is 0 Å². The zero-order valence-electron chi connectivity index (χ0n) is 26.0. The molecule has 2 amide bonds. The first-order valence-electron chi connectivity index (χ1n) is 14.7. The number of carbonyl (C=O) groups excluding carboxylic acids is 2. The minimum Gasteiger partial charge on any atom is -0.497 e. The second-order valence-corrected chi connectivity index (χ2v) is 12.1. The highest BCUT2D eigenvalue weighted by molar-refractivity contribution is 8.00. The van der Waals surface area contributed by atoms with Crippen molar-refractivity contribution in [1.82, 2.24) is 20.1 Å². The molecule has 0 saturated carbocycles. The van der Waals surface area contributed by atoms with E-state index in [1.165, 1.54) is 16.7 Å². The maximum absolute atomic E-state index is 14.1. The van der Waals surface area contributed by atoms with Gasteiger partial charge in [0.15, 0.2) is 0 Å². The van der Waals surface area contributed by atoms with Crippen molar-refractivity contribution in [2.45, 2.75) is 11.8 Å². The predicted octanol–water partition coefficient (Wildman–Crippen LogP) is 6.10. The van der Waals surface area contributed by atoms with Gasteiger partial charge in [0.25, 0.3) is 0 Å². The van der Waals surface area contributed by atoms with Crippen molar-refractivity contribution < 1.29 is 23.8 Å². The molecular weight excluding hydrogens is 638 g/mol. The summed E-state index contributed by atoms with van der Waals surface area (Å²) in [6, 6.07) is 24.0. The van der Waals surface area contributed by atoms with Crippen LogP contribution in [0.5, 0.6) is 17.2 Å². The summed E-state index contributed by atoms with van der Waals surface area (Å²) >= 11 is 7.74. The van der Waals surface area contributed by atoms with E-state index >= 15 is 0 Å². The maximum atomic E-state index is 14.1. The molecule has 10 nitrogen and oxygen atoms in total. The molecule has 1 atom stereocenters. The Morgan fingerprint density at radius 3 is 2.32 bits per heavy atom. The largest absolute Gasteiger partial charge is 0.497 e. The molecule has 0 aliphatic carbocycles. The second-order valence-electron chi connectivity index (χ2n) is 10.6. The molecule has 240 valence electrons. The average molecular weight is 670 g/mol. The van der Waals surface area contributed by atoms with Crippen LogP contribution in [-0.2, 0) is 16.1 Å². The van der Waals surface area contributed by atoms with Crippen LogP contribution in [0.4, 0.5) is 5.82 Å². The van der Waals surface area contributed by atoms with Gasteiger partial charge in [-0.15, -0.1) is 11.8 Å². The lowest BCUT2D eigenvalue weighted by Gasteiger charge is -2.24. The number of hydrogen-bond donors (Lipinski definition) is 1. The smallest absolute Gasteiger partial charge is 0.240 e. The van der Waals surface area contributed by atoms with Crippen LogP contribution in [0.25, 0.3) is 16.9 Å². The first kappa shape index (κ1) is 32.0. The Labute approximate surface area is 281 Å². The second kappa shape index (κ2) is 14.2. The minimum atomic E-state index is -0.429. The molecule has 0 bridgehead atoms. The molecule has 1 N–H and O–H groups in total. The van der Waals surface area contributed by atoms with Crippen LogP contribution in [0, 0.1) is 0 Å². The van der Waals surface area contributed by atoms with Gasteiger partial charge < -0.3 is 19.5 Å². The number of pyridine rings is 1. The Hall–Kier alpha value is -5.00. The van der Waals surface area contributed by atoms with Gasteiger partial charge in [0, 0.05) is 40.7 Å². The van der Waals surface area contributed by atoms with Crippen LogP contribution >= 0.6 is 23.4 Å². The van der Waals surface area contributed by atoms with Crippen molar-refractivity contribution in [3.05, 3.63) is 113 Å². The Morgan fingerprint density at radius 1 is 0.936 bits per heavy atom. The van der Waals surface area contributed by atoms with E-state index in [0.29, 0.717) is 46.0 Å². The van der Waals surface area contributed by atoms with Gasteiger partial charge in [-0.25, -0.2) is 4.68 Å². The molecule has 0 fully saturated rings. The number of halogens is 1. The fraction of sp³-hybridized carbons (Fsp3) is 0.200. The summed E-state index contributed by atoms with van der Waals surface area (Å²) in [4.78, 5) is 33.2. The summed E-state index contributed by atoms with van der Waals surface area (Å²) < 4.78 is 18.6. The Kier molecular flexibility index (Phi) is 9.65. The number of nitrogens with one attached hydrogen (secondary N) is 1. The van der Waals surface area contributed by atoms with E-state index in [2.05, 4.69) is 10.3 Å². The Balaban J connectivity index is 1.56. The van der Waals surface area contributed by atoms with Crippen molar-refractivity contribution in [3.8, 4) is 34.2 Å². The number of aromatic nitrogens is 3. The Morgan fingerprint density at radius 2 is 1.64 bits per heavy atom. The zero-order valence-corrected chi connectivity index (χ0v) is 27.5. The SMILES string of the molecule is COc1ccc(-n2nc(-c3ccc(Cl)cc3)c3c2N(CC(=O)NCc2ccncc2)C(=O)CSC3c2cc(OC)ccc2OC)cc1. The summed E-state index contributed by atoms with van der Waals surface area (Å²) in [5.41, 5.74) is 4.55. The molecule has 6 rings (SSSR count). The quantitative estimate of drug-likeness (QED) is 0.190. The molecule has 0 radical (unpaired) electrons. The number of rotatable bonds is 10. The molecule has 47 heavy (non-hydrogen) atoms. The summed E-state index contributed by atoms with van der Waals surface area (Å²) in [6.07, 6.45) is 3.34. The third-order valence-corrected chi connectivity index (χ3v) is 9.27. The number of nitrogens with zero attached hydrogens (tertiary/aromatic N) is 4. The van der Waals surface area contributed by atoms with Gasteiger partial charge in [0.2, 0.25) is 11.8 Å². The van der Waals surface area contributed by atoms with Crippen molar-refractivity contribution in [1.29, 1.82) is 0 Å². The van der Waals surface area contributed by atoms with Crippen molar-refractivity contribution in [3.63, 3.8) is 0 Å². The van der Waals surface area contributed by atoms with E-state index in [0.717, 1.165) is 22.3 Å². The van der Waals surface area contributed by atoms with E-state index in [-0.39, 0.29) is 24.1 Å². The highest BCUT2D eigenvalue weighted by atomic mass is 35.5. The zero-order chi connectivity index (χ0) is 32.9. The number of anilines is 1. The highest BCUT2D eigenvalue weighted by Crippen LogP contribution is 2.51. The number of amides is 2. The number of benzene rings is 3. The maximum Gasteiger partial charge on any atom is 0.240 e. The Bertz CT molecular complexity index is 1880. The molecule has 0 spiro atoms. The van der Waals surface area contributed by atoms with Crippen LogP contribution < -0.4 is 24.4 Å². The van der Waals surface area contributed by atoms with E-state index in [1.54, 1.807) is 50.5 Å². The topological polar surface area (TPSA) is 108 Å². The first-order valence-corrected chi connectivity index (χ1v) is 16.2. The summed E-state index contributed by atoms with van der Waals surface area (Å²) in [6.45, 7) is 0.0732. The molecule has 1 aliphatic heterocycles. The lowest BCUT2D eigenvalue weighted by Crippen LogP contribution is -2.42. The van der Waals surface area contributed by atoms with Gasteiger partial charge in [0.1, 0.15) is 29.6 Å².